The highest BCUT2D eigenvalue weighted by molar-refractivity contribution is 6.30. The first-order chi connectivity index (χ1) is 14.9. The molecule has 0 fully saturated rings. The smallest absolute Gasteiger partial charge is 0.397 e. The third-order valence-corrected chi connectivity index (χ3v) is 4.68. The molecular weight excluding hydrogens is 443 g/mol. The molecule has 1 aromatic heterocycles. The number of hydrogen-bond donors (Lipinski definition) is 2. The van der Waals surface area contributed by atoms with Gasteiger partial charge in [-0.2, -0.15) is 4.98 Å². The Kier molecular flexibility index (Phi) is 7.86. The van der Waals surface area contributed by atoms with Crippen LogP contribution in [-0.4, -0.2) is 34.8 Å². The average Bonchev–Trinajstić information content (AvgIpc) is 3.20. The van der Waals surface area contributed by atoms with Gasteiger partial charge in [0.15, 0.2) is 5.82 Å². The van der Waals surface area contributed by atoms with Gasteiger partial charge in [-0.15, -0.1) is 0 Å². The quantitative estimate of drug-likeness (QED) is 0.476. The first-order valence-corrected chi connectivity index (χ1v) is 10.3. The third-order valence-electron chi connectivity index (χ3n) is 4.18. The fraction of sp³-hybridized carbons (Fsp3) is 0.238. The molecule has 0 aliphatic heterocycles. The number of anilines is 1. The molecule has 8 nitrogen and oxygen atoms in total. The predicted octanol–water partition coefficient (Wildman–Crippen LogP) is 4.53. The number of halogens is 2. The van der Waals surface area contributed by atoms with Gasteiger partial charge in [0.05, 0.1) is 6.61 Å². The summed E-state index contributed by atoms with van der Waals surface area (Å²) >= 11 is 11.8. The van der Waals surface area contributed by atoms with E-state index in [1.165, 1.54) is 0 Å². The Hall–Kier alpha value is -3.10. The summed E-state index contributed by atoms with van der Waals surface area (Å²) in [6, 6.07) is 13.2. The summed E-state index contributed by atoms with van der Waals surface area (Å²) in [5.74, 6) is -0.648. The minimum Gasteiger partial charge on any atom is -0.459 e. The summed E-state index contributed by atoms with van der Waals surface area (Å²) < 4.78 is 9.82. The zero-order valence-electron chi connectivity index (χ0n) is 16.6. The molecule has 0 spiro atoms. The molecule has 1 heterocycles. The number of urea groups is 1. The van der Waals surface area contributed by atoms with Gasteiger partial charge in [-0.25, -0.2) is 9.59 Å². The number of nitrogens with one attached hydrogen (secondary N) is 2. The van der Waals surface area contributed by atoms with Crippen LogP contribution < -0.4 is 10.6 Å². The van der Waals surface area contributed by atoms with Gasteiger partial charge < -0.3 is 19.9 Å². The van der Waals surface area contributed by atoms with Crippen LogP contribution in [0, 0.1) is 0 Å². The summed E-state index contributed by atoms with van der Waals surface area (Å²) in [6.07, 6.45) is 0.716. The third kappa shape index (κ3) is 6.97. The fourth-order valence-electron chi connectivity index (χ4n) is 2.80. The van der Waals surface area contributed by atoms with Gasteiger partial charge in [0.25, 0.3) is 0 Å². The second kappa shape index (κ2) is 10.8. The van der Waals surface area contributed by atoms with E-state index in [-0.39, 0.29) is 30.8 Å². The Morgan fingerprint density at radius 1 is 1.03 bits per heavy atom. The van der Waals surface area contributed by atoms with Crippen LogP contribution in [0.4, 0.5) is 10.5 Å². The number of ether oxygens (including phenoxy) is 1. The highest BCUT2D eigenvalue weighted by Crippen LogP contribution is 2.15. The lowest BCUT2D eigenvalue weighted by Crippen LogP contribution is -2.41. The van der Waals surface area contributed by atoms with Crippen LogP contribution in [0.5, 0.6) is 0 Å². The second-order valence-electron chi connectivity index (χ2n) is 6.57. The molecule has 0 unspecified atom stereocenters. The lowest BCUT2D eigenvalue weighted by Gasteiger charge is -2.18. The standard InChI is InChI=1S/C21H20Cl2N4O4/c1-2-30-20(28)19-26-18(27-31-19)12-17(11-13-3-5-14(22)6-4-13)25-21(29)24-16-9-7-15(23)8-10-16/h3-10,17H,2,11-12H2,1H3,(H2,24,25,29)/t17-/m0/s1. The molecule has 162 valence electrons. The van der Waals surface area contributed by atoms with Crippen molar-refractivity contribution in [1.82, 2.24) is 15.5 Å². The predicted molar refractivity (Wildman–Crippen MR) is 117 cm³/mol. The Morgan fingerprint density at radius 3 is 2.32 bits per heavy atom. The van der Waals surface area contributed by atoms with Crippen LogP contribution >= 0.6 is 23.2 Å². The first-order valence-electron chi connectivity index (χ1n) is 9.50. The van der Waals surface area contributed by atoms with Gasteiger partial charge in [-0.1, -0.05) is 40.5 Å². The highest BCUT2D eigenvalue weighted by Gasteiger charge is 2.21. The van der Waals surface area contributed by atoms with Crippen molar-refractivity contribution in [1.29, 1.82) is 0 Å². The zero-order chi connectivity index (χ0) is 22.2. The Morgan fingerprint density at radius 2 is 1.68 bits per heavy atom. The van der Waals surface area contributed by atoms with Crippen molar-refractivity contribution in [3.8, 4) is 0 Å². The molecule has 31 heavy (non-hydrogen) atoms. The Balaban J connectivity index is 1.71. The lowest BCUT2D eigenvalue weighted by atomic mass is 10.0. The van der Waals surface area contributed by atoms with Crippen molar-refractivity contribution in [2.75, 3.05) is 11.9 Å². The molecule has 2 N–H and O–H groups in total. The molecule has 2 aromatic carbocycles. The zero-order valence-corrected chi connectivity index (χ0v) is 18.1. The number of rotatable bonds is 8. The monoisotopic (exact) mass is 462 g/mol. The largest absolute Gasteiger partial charge is 0.459 e. The van der Waals surface area contributed by atoms with E-state index in [9.17, 15) is 9.59 Å². The van der Waals surface area contributed by atoms with Crippen molar-refractivity contribution >= 4 is 40.9 Å². The van der Waals surface area contributed by atoms with Crippen LogP contribution in [-0.2, 0) is 17.6 Å². The summed E-state index contributed by atoms with van der Waals surface area (Å²) in [5.41, 5.74) is 1.55. The number of carbonyl (C=O) groups is 2. The molecule has 10 heteroatoms. The van der Waals surface area contributed by atoms with E-state index in [0.29, 0.717) is 22.2 Å². The molecular formula is C21H20Cl2N4O4. The van der Waals surface area contributed by atoms with Crippen molar-refractivity contribution in [2.45, 2.75) is 25.8 Å². The summed E-state index contributed by atoms with van der Waals surface area (Å²) in [6.45, 7) is 1.88. The molecule has 1 atom stereocenters. The van der Waals surface area contributed by atoms with Gasteiger partial charge in [0.1, 0.15) is 0 Å². The summed E-state index contributed by atoms with van der Waals surface area (Å²) in [7, 11) is 0. The van der Waals surface area contributed by atoms with E-state index in [2.05, 4.69) is 20.8 Å². The Labute approximate surface area is 188 Å². The normalized spacial score (nSPS) is 11.6. The Bertz CT molecular complexity index is 1020. The van der Waals surface area contributed by atoms with Crippen molar-refractivity contribution in [3.63, 3.8) is 0 Å². The lowest BCUT2D eigenvalue weighted by molar-refractivity contribution is 0.0470. The maximum absolute atomic E-state index is 12.5. The number of benzene rings is 2. The molecule has 0 saturated carbocycles. The fourth-order valence-corrected chi connectivity index (χ4v) is 3.05. The van der Waals surface area contributed by atoms with Crippen LogP contribution in [0.3, 0.4) is 0 Å². The van der Waals surface area contributed by atoms with Crippen LogP contribution in [0.1, 0.15) is 29.0 Å². The number of nitrogens with zero attached hydrogens (tertiary/aromatic N) is 2. The summed E-state index contributed by atoms with van der Waals surface area (Å²) in [5, 5.41) is 10.7. The molecule has 3 aromatic rings. The molecule has 0 aliphatic carbocycles. The van der Waals surface area contributed by atoms with Crippen LogP contribution in [0.25, 0.3) is 0 Å². The number of aromatic nitrogens is 2. The van der Waals surface area contributed by atoms with E-state index in [1.54, 1.807) is 43.3 Å². The topological polar surface area (TPSA) is 106 Å². The van der Waals surface area contributed by atoms with Crippen LogP contribution in [0.15, 0.2) is 53.1 Å². The highest BCUT2D eigenvalue weighted by atomic mass is 35.5. The van der Waals surface area contributed by atoms with Gasteiger partial charge >= 0.3 is 17.9 Å². The van der Waals surface area contributed by atoms with Crippen LogP contribution in [0.2, 0.25) is 10.0 Å². The van der Waals surface area contributed by atoms with E-state index in [4.69, 9.17) is 32.5 Å². The SMILES string of the molecule is CCOC(=O)c1nc(C[C@H](Cc2ccc(Cl)cc2)NC(=O)Nc2ccc(Cl)cc2)no1. The van der Waals surface area contributed by atoms with Crippen molar-refractivity contribution in [2.24, 2.45) is 0 Å². The van der Waals surface area contributed by atoms with Gasteiger partial charge in [-0.05, 0) is 55.3 Å². The average molecular weight is 463 g/mol. The number of carbonyl (C=O) groups excluding carboxylic acids is 2. The molecule has 0 saturated heterocycles. The number of hydrogen-bond acceptors (Lipinski definition) is 6. The number of amides is 2. The number of esters is 1. The minimum absolute atomic E-state index is 0.197. The van der Waals surface area contributed by atoms with Crippen molar-refractivity contribution in [3.05, 3.63) is 75.9 Å². The maximum Gasteiger partial charge on any atom is 0.397 e. The van der Waals surface area contributed by atoms with E-state index >= 15 is 0 Å². The van der Waals surface area contributed by atoms with Gasteiger partial charge in [0, 0.05) is 28.2 Å². The molecule has 0 bridgehead atoms. The molecule has 0 radical (unpaired) electrons. The second-order valence-corrected chi connectivity index (χ2v) is 7.45. The minimum atomic E-state index is -0.691. The molecule has 2 amide bonds. The summed E-state index contributed by atoms with van der Waals surface area (Å²) in [4.78, 5) is 28.3. The molecule has 0 aliphatic rings. The molecule has 3 rings (SSSR count). The van der Waals surface area contributed by atoms with Crippen molar-refractivity contribution < 1.29 is 18.8 Å². The first kappa shape index (κ1) is 22.6. The van der Waals surface area contributed by atoms with Gasteiger partial charge in [-0.3, -0.25) is 0 Å². The van der Waals surface area contributed by atoms with E-state index in [1.807, 2.05) is 12.1 Å². The van der Waals surface area contributed by atoms with E-state index < -0.39 is 12.0 Å². The van der Waals surface area contributed by atoms with Gasteiger partial charge in [0.2, 0.25) is 0 Å². The van der Waals surface area contributed by atoms with E-state index in [0.717, 1.165) is 5.56 Å². The maximum atomic E-state index is 12.5.